The van der Waals surface area contributed by atoms with Gasteiger partial charge in [-0.1, -0.05) is 36.4 Å². The van der Waals surface area contributed by atoms with Gasteiger partial charge in [-0.15, -0.1) is 0 Å². The molecule has 0 radical (unpaired) electrons. The predicted molar refractivity (Wildman–Crippen MR) is 87.0 cm³/mol. The highest BCUT2D eigenvalue weighted by molar-refractivity contribution is 5.91. The fraction of sp³-hybridized carbons (Fsp3) is 0.263. The van der Waals surface area contributed by atoms with E-state index in [4.69, 9.17) is 0 Å². The van der Waals surface area contributed by atoms with Crippen LogP contribution in [-0.2, 0) is 21.5 Å². The number of benzene rings is 2. The summed E-state index contributed by atoms with van der Waals surface area (Å²) >= 11 is 0. The van der Waals surface area contributed by atoms with Crippen LogP contribution in [0.1, 0.15) is 36.0 Å². The van der Waals surface area contributed by atoms with E-state index in [1.165, 1.54) is 31.2 Å². The van der Waals surface area contributed by atoms with Gasteiger partial charge in [-0.05, 0) is 48.6 Å². The number of halogens is 1. The van der Waals surface area contributed by atoms with Crippen molar-refractivity contribution in [2.75, 3.05) is 0 Å². The van der Waals surface area contributed by atoms with Crippen LogP contribution in [0.25, 0.3) is 0 Å². The number of rotatable bonds is 4. The number of amides is 1. The Labute approximate surface area is 139 Å². The zero-order chi connectivity index (χ0) is 17.3. The van der Waals surface area contributed by atoms with Crippen LogP contribution in [0.3, 0.4) is 0 Å². The lowest BCUT2D eigenvalue weighted by Crippen LogP contribution is -2.50. The molecule has 0 heterocycles. The minimum atomic E-state index is -1.61. The van der Waals surface area contributed by atoms with E-state index in [0.29, 0.717) is 12.0 Å². The molecule has 2 N–H and O–H groups in total. The maximum Gasteiger partial charge on any atom is 0.333 e. The summed E-state index contributed by atoms with van der Waals surface area (Å²) in [5, 5.41) is 12.3. The number of nitrogens with one attached hydrogen (secondary N) is 1. The van der Waals surface area contributed by atoms with E-state index >= 15 is 0 Å². The fourth-order valence-electron chi connectivity index (χ4n) is 3.20. The fourth-order valence-corrected chi connectivity index (χ4v) is 3.20. The number of carbonyl (C=O) groups is 2. The van der Waals surface area contributed by atoms with Crippen molar-refractivity contribution in [1.82, 2.24) is 5.32 Å². The van der Waals surface area contributed by atoms with Crippen LogP contribution in [-0.4, -0.2) is 17.0 Å². The standard InChI is InChI=1S/C19H18FNO3/c1-19(18(23)24,13-7-9-14(20)10-8-13)21-17(22)16-11-6-12-4-2-3-5-15(12)16/h2-5,7-10,16H,6,11H2,1H3,(H,21,22)(H,23,24). The van der Waals surface area contributed by atoms with Crippen LogP contribution in [0, 0.1) is 5.82 Å². The second kappa shape index (κ2) is 6.07. The van der Waals surface area contributed by atoms with Crippen molar-refractivity contribution in [3.05, 3.63) is 71.0 Å². The molecule has 124 valence electrons. The molecule has 24 heavy (non-hydrogen) atoms. The number of hydrogen-bond donors (Lipinski definition) is 2. The molecule has 3 rings (SSSR count). The number of carboxylic acid groups (broad SMARTS) is 1. The Kier molecular flexibility index (Phi) is 4.09. The first kappa shape index (κ1) is 16.2. The van der Waals surface area contributed by atoms with E-state index in [2.05, 4.69) is 5.32 Å². The highest BCUT2D eigenvalue weighted by atomic mass is 19.1. The molecule has 0 spiro atoms. The van der Waals surface area contributed by atoms with Gasteiger partial charge in [0.05, 0.1) is 5.92 Å². The first-order chi connectivity index (χ1) is 11.4. The monoisotopic (exact) mass is 327 g/mol. The number of carbonyl (C=O) groups excluding carboxylic acids is 1. The third-order valence-electron chi connectivity index (χ3n) is 4.67. The molecule has 0 aliphatic heterocycles. The molecular weight excluding hydrogens is 309 g/mol. The molecule has 0 aromatic heterocycles. The Morgan fingerprint density at radius 2 is 1.83 bits per heavy atom. The van der Waals surface area contributed by atoms with Gasteiger partial charge >= 0.3 is 5.97 Å². The molecule has 1 aliphatic rings. The van der Waals surface area contributed by atoms with Gasteiger partial charge in [0.25, 0.3) is 0 Å². The highest BCUT2D eigenvalue weighted by Gasteiger charge is 2.40. The average Bonchev–Trinajstić information content (AvgIpc) is 2.99. The normalized spacial score (nSPS) is 18.5. The van der Waals surface area contributed by atoms with Crippen LogP contribution >= 0.6 is 0 Å². The SMILES string of the molecule is CC(NC(=O)C1CCc2ccccc21)(C(=O)O)c1ccc(F)cc1. The van der Waals surface area contributed by atoms with Gasteiger partial charge in [0, 0.05) is 0 Å². The quantitative estimate of drug-likeness (QED) is 0.907. The minimum absolute atomic E-state index is 0.325. The smallest absolute Gasteiger partial charge is 0.333 e. The largest absolute Gasteiger partial charge is 0.479 e. The molecule has 5 heteroatoms. The van der Waals surface area contributed by atoms with Crippen LogP contribution in [0.5, 0.6) is 0 Å². The molecule has 4 nitrogen and oxygen atoms in total. The third-order valence-corrected chi connectivity index (χ3v) is 4.67. The molecular formula is C19H18FNO3. The Morgan fingerprint density at radius 1 is 1.17 bits per heavy atom. The maximum absolute atomic E-state index is 13.1. The Bertz CT molecular complexity index is 787. The molecule has 2 aromatic rings. The zero-order valence-corrected chi connectivity index (χ0v) is 13.3. The number of aryl methyl sites for hydroxylation is 1. The van der Waals surface area contributed by atoms with Crippen LogP contribution in [0.2, 0.25) is 0 Å². The molecule has 0 saturated carbocycles. The molecule has 0 saturated heterocycles. The molecule has 0 bridgehead atoms. The number of hydrogen-bond acceptors (Lipinski definition) is 2. The van der Waals surface area contributed by atoms with Gasteiger partial charge in [-0.25, -0.2) is 9.18 Å². The third kappa shape index (κ3) is 2.77. The van der Waals surface area contributed by atoms with Crippen molar-refractivity contribution in [2.24, 2.45) is 0 Å². The van der Waals surface area contributed by atoms with E-state index in [1.54, 1.807) is 0 Å². The zero-order valence-electron chi connectivity index (χ0n) is 13.3. The van der Waals surface area contributed by atoms with Gasteiger partial charge in [0.2, 0.25) is 5.91 Å². The molecule has 2 atom stereocenters. The highest BCUT2D eigenvalue weighted by Crippen LogP contribution is 2.34. The van der Waals surface area contributed by atoms with E-state index < -0.39 is 17.3 Å². The van der Waals surface area contributed by atoms with Crippen molar-refractivity contribution in [3.63, 3.8) is 0 Å². The van der Waals surface area contributed by atoms with Crippen LogP contribution in [0.15, 0.2) is 48.5 Å². The summed E-state index contributed by atoms with van der Waals surface area (Å²) < 4.78 is 13.1. The van der Waals surface area contributed by atoms with Gasteiger partial charge in [0.15, 0.2) is 5.54 Å². The summed E-state index contributed by atoms with van der Waals surface area (Å²) in [5.74, 6) is -2.33. The summed E-state index contributed by atoms with van der Waals surface area (Å²) in [6.45, 7) is 1.42. The Morgan fingerprint density at radius 3 is 2.50 bits per heavy atom. The number of carboxylic acids is 1. The van der Waals surface area contributed by atoms with Gasteiger partial charge in [-0.2, -0.15) is 0 Å². The lowest BCUT2D eigenvalue weighted by Gasteiger charge is -2.28. The second-order valence-electron chi connectivity index (χ2n) is 6.22. The van der Waals surface area contributed by atoms with Gasteiger partial charge < -0.3 is 10.4 Å². The first-order valence-electron chi connectivity index (χ1n) is 7.81. The topological polar surface area (TPSA) is 66.4 Å². The Balaban J connectivity index is 1.88. The molecule has 2 unspecified atom stereocenters. The van der Waals surface area contributed by atoms with E-state index in [1.807, 2.05) is 24.3 Å². The summed E-state index contributed by atoms with van der Waals surface area (Å²) in [7, 11) is 0. The number of aliphatic carboxylic acids is 1. The second-order valence-corrected chi connectivity index (χ2v) is 6.22. The summed E-state index contributed by atoms with van der Waals surface area (Å²) in [4.78, 5) is 24.5. The lowest BCUT2D eigenvalue weighted by molar-refractivity contribution is -0.147. The van der Waals surface area contributed by atoms with Crippen LogP contribution < -0.4 is 5.32 Å². The molecule has 0 fully saturated rings. The average molecular weight is 327 g/mol. The van der Waals surface area contributed by atoms with Crippen molar-refractivity contribution in [3.8, 4) is 0 Å². The summed E-state index contributed by atoms with van der Waals surface area (Å²) in [6, 6.07) is 12.8. The Hall–Kier alpha value is -2.69. The summed E-state index contributed by atoms with van der Waals surface area (Å²) in [5.41, 5.74) is 0.789. The van der Waals surface area contributed by atoms with Gasteiger partial charge in [-0.3, -0.25) is 4.79 Å². The maximum atomic E-state index is 13.1. The number of fused-ring (bicyclic) bond motifs is 1. The minimum Gasteiger partial charge on any atom is -0.479 e. The lowest BCUT2D eigenvalue weighted by atomic mass is 9.90. The van der Waals surface area contributed by atoms with E-state index in [0.717, 1.165) is 17.5 Å². The van der Waals surface area contributed by atoms with E-state index in [9.17, 15) is 19.1 Å². The first-order valence-corrected chi connectivity index (χ1v) is 7.81. The van der Waals surface area contributed by atoms with Crippen molar-refractivity contribution >= 4 is 11.9 Å². The van der Waals surface area contributed by atoms with Crippen molar-refractivity contribution in [2.45, 2.75) is 31.2 Å². The van der Waals surface area contributed by atoms with Gasteiger partial charge in [0.1, 0.15) is 5.82 Å². The van der Waals surface area contributed by atoms with Crippen molar-refractivity contribution < 1.29 is 19.1 Å². The van der Waals surface area contributed by atoms with E-state index in [-0.39, 0.29) is 11.8 Å². The molecule has 2 aromatic carbocycles. The summed E-state index contributed by atoms with van der Waals surface area (Å²) in [6.07, 6.45) is 1.46. The molecule has 1 amide bonds. The predicted octanol–water partition coefficient (Wildman–Crippen LogP) is 2.97. The van der Waals surface area contributed by atoms with Crippen molar-refractivity contribution in [1.29, 1.82) is 0 Å². The molecule has 1 aliphatic carbocycles. The van der Waals surface area contributed by atoms with Crippen LogP contribution in [0.4, 0.5) is 4.39 Å².